The van der Waals surface area contributed by atoms with Crippen LogP contribution in [0.5, 0.6) is 0 Å². The number of fused-ring (bicyclic) bond motifs is 1. The quantitative estimate of drug-likeness (QED) is 0.905. The molecule has 2 aliphatic rings. The van der Waals surface area contributed by atoms with Gasteiger partial charge in [0.05, 0.1) is 0 Å². The average Bonchev–Trinajstić information content (AvgIpc) is 3.16. The summed E-state index contributed by atoms with van der Waals surface area (Å²) in [6, 6.07) is 5.17. The molecule has 2 aromatic heterocycles. The number of hydrogen-bond donors (Lipinski definition) is 1. The van der Waals surface area contributed by atoms with Gasteiger partial charge in [-0.3, -0.25) is 0 Å². The molecule has 1 N–H and O–H groups in total. The molecule has 2 aliphatic heterocycles. The van der Waals surface area contributed by atoms with Crippen molar-refractivity contribution in [2.45, 2.75) is 44.2 Å². The SMILES string of the molecule is Brc1ccc2nc(N3CCCCC3C3CCCN3)nn2c1. The third-order valence-corrected chi connectivity index (χ3v) is 5.12. The van der Waals surface area contributed by atoms with Gasteiger partial charge in [0.2, 0.25) is 5.95 Å². The number of rotatable bonds is 2. The summed E-state index contributed by atoms with van der Waals surface area (Å²) >= 11 is 3.49. The summed E-state index contributed by atoms with van der Waals surface area (Å²) < 4.78 is 2.90. The number of piperidine rings is 1. The van der Waals surface area contributed by atoms with Gasteiger partial charge in [0.15, 0.2) is 5.65 Å². The highest BCUT2D eigenvalue weighted by Gasteiger charge is 2.33. The summed E-state index contributed by atoms with van der Waals surface area (Å²) in [5.41, 5.74) is 0.914. The number of halogens is 1. The van der Waals surface area contributed by atoms with Crippen molar-refractivity contribution in [2.75, 3.05) is 18.0 Å². The summed E-state index contributed by atoms with van der Waals surface area (Å²) in [5, 5.41) is 8.35. The first-order chi connectivity index (χ1) is 10.3. The molecular weight excluding hydrogens is 330 g/mol. The lowest BCUT2D eigenvalue weighted by Crippen LogP contribution is -2.50. The molecule has 2 unspecified atom stereocenters. The fourth-order valence-corrected chi connectivity index (χ4v) is 3.96. The number of nitrogens with zero attached hydrogens (tertiary/aromatic N) is 4. The molecule has 2 saturated heterocycles. The van der Waals surface area contributed by atoms with Gasteiger partial charge in [-0.25, -0.2) is 4.52 Å². The van der Waals surface area contributed by atoms with Crippen LogP contribution in [0.3, 0.4) is 0 Å². The molecule has 4 heterocycles. The van der Waals surface area contributed by atoms with Gasteiger partial charge in [-0.2, -0.15) is 4.98 Å². The number of aromatic nitrogens is 3. The molecule has 0 spiro atoms. The molecule has 0 saturated carbocycles. The van der Waals surface area contributed by atoms with Crippen molar-refractivity contribution < 1.29 is 0 Å². The molecule has 0 radical (unpaired) electrons. The van der Waals surface area contributed by atoms with Crippen LogP contribution in [0.1, 0.15) is 32.1 Å². The normalized spacial score (nSPS) is 26.6. The molecular formula is C15H20BrN5. The summed E-state index contributed by atoms with van der Waals surface area (Å²) in [6.07, 6.45) is 8.34. The fraction of sp³-hybridized carbons (Fsp3) is 0.600. The molecule has 21 heavy (non-hydrogen) atoms. The largest absolute Gasteiger partial charge is 0.335 e. The van der Waals surface area contributed by atoms with E-state index in [1.54, 1.807) is 0 Å². The zero-order chi connectivity index (χ0) is 14.2. The maximum absolute atomic E-state index is 4.73. The summed E-state index contributed by atoms with van der Waals surface area (Å²) in [7, 11) is 0. The Bertz CT molecular complexity index is 634. The van der Waals surface area contributed by atoms with E-state index in [2.05, 4.69) is 26.1 Å². The maximum atomic E-state index is 4.73. The number of pyridine rings is 1. The number of nitrogens with one attached hydrogen (secondary N) is 1. The smallest absolute Gasteiger partial charge is 0.245 e. The van der Waals surface area contributed by atoms with E-state index in [0.29, 0.717) is 12.1 Å². The Labute approximate surface area is 132 Å². The van der Waals surface area contributed by atoms with E-state index >= 15 is 0 Å². The zero-order valence-corrected chi connectivity index (χ0v) is 13.6. The Balaban J connectivity index is 1.67. The second kappa shape index (κ2) is 5.57. The summed E-state index contributed by atoms with van der Waals surface area (Å²) in [4.78, 5) is 7.15. The molecule has 0 bridgehead atoms. The molecule has 112 valence electrons. The van der Waals surface area contributed by atoms with Gasteiger partial charge in [0, 0.05) is 29.3 Å². The van der Waals surface area contributed by atoms with E-state index < -0.39 is 0 Å². The second-order valence-electron chi connectivity index (χ2n) is 6.02. The standard InChI is InChI=1S/C15H20BrN5/c16-11-6-7-14-18-15(19-21(14)10-11)20-9-2-1-5-13(20)12-4-3-8-17-12/h6-7,10,12-13,17H,1-5,8-9H2. The van der Waals surface area contributed by atoms with Crippen molar-refractivity contribution >= 4 is 27.5 Å². The van der Waals surface area contributed by atoms with Crippen LogP contribution in [-0.2, 0) is 0 Å². The Morgan fingerprint density at radius 2 is 2.14 bits per heavy atom. The lowest BCUT2D eigenvalue weighted by Gasteiger charge is -2.38. The lowest BCUT2D eigenvalue weighted by molar-refractivity contribution is 0.374. The van der Waals surface area contributed by atoms with Crippen molar-refractivity contribution in [2.24, 2.45) is 0 Å². The van der Waals surface area contributed by atoms with Crippen molar-refractivity contribution in [1.82, 2.24) is 19.9 Å². The van der Waals surface area contributed by atoms with E-state index in [0.717, 1.165) is 29.2 Å². The Morgan fingerprint density at radius 3 is 3.00 bits per heavy atom. The monoisotopic (exact) mass is 349 g/mol. The molecule has 2 atom stereocenters. The minimum Gasteiger partial charge on any atom is -0.335 e. The Hall–Kier alpha value is -1.14. The van der Waals surface area contributed by atoms with Crippen LogP contribution in [0.15, 0.2) is 22.8 Å². The van der Waals surface area contributed by atoms with E-state index in [4.69, 9.17) is 10.1 Å². The van der Waals surface area contributed by atoms with Crippen LogP contribution in [0.25, 0.3) is 5.65 Å². The van der Waals surface area contributed by atoms with Gasteiger partial charge >= 0.3 is 0 Å². The first-order valence-corrected chi connectivity index (χ1v) is 8.62. The fourth-order valence-electron chi connectivity index (χ4n) is 3.63. The molecule has 5 nitrogen and oxygen atoms in total. The molecule has 6 heteroatoms. The van der Waals surface area contributed by atoms with Crippen LogP contribution in [0, 0.1) is 0 Å². The van der Waals surface area contributed by atoms with Crippen molar-refractivity contribution in [1.29, 1.82) is 0 Å². The topological polar surface area (TPSA) is 45.5 Å². The summed E-state index contributed by atoms with van der Waals surface area (Å²) in [5.74, 6) is 0.881. The minimum atomic E-state index is 0.544. The first-order valence-electron chi connectivity index (χ1n) is 7.83. The van der Waals surface area contributed by atoms with Gasteiger partial charge in [0.1, 0.15) is 0 Å². The van der Waals surface area contributed by atoms with E-state index in [1.807, 2.05) is 22.8 Å². The van der Waals surface area contributed by atoms with Gasteiger partial charge in [-0.1, -0.05) is 0 Å². The highest BCUT2D eigenvalue weighted by Crippen LogP contribution is 2.27. The molecule has 0 aromatic carbocycles. The zero-order valence-electron chi connectivity index (χ0n) is 12.0. The van der Waals surface area contributed by atoms with Gasteiger partial charge in [0.25, 0.3) is 0 Å². The highest BCUT2D eigenvalue weighted by atomic mass is 79.9. The van der Waals surface area contributed by atoms with Crippen molar-refractivity contribution in [3.05, 3.63) is 22.8 Å². The van der Waals surface area contributed by atoms with Crippen LogP contribution < -0.4 is 10.2 Å². The Kier molecular flexibility index (Phi) is 3.59. The number of anilines is 1. The predicted molar refractivity (Wildman–Crippen MR) is 86.7 cm³/mol. The molecule has 0 amide bonds. The van der Waals surface area contributed by atoms with Crippen LogP contribution >= 0.6 is 15.9 Å². The van der Waals surface area contributed by atoms with Gasteiger partial charge in [-0.05, 0) is 66.7 Å². The lowest BCUT2D eigenvalue weighted by atomic mass is 9.95. The molecule has 2 aromatic rings. The Morgan fingerprint density at radius 1 is 1.19 bits per heavy atom. The van der Waals surface area contributed by atoms with Crippen LogP contribution in [0.2, 0.25) is 0 Å². The van der Waals surface area contributed by atoms with Crippen molar-refractivity contribution in [3.8, 4) is 0 Å². The van der Waals surface area contributed by atoms with Crippen LogP contribution in [0.4, 0.5) is 5.95 Å². The van der Waals surface area contributed by atoms with Crippen LogP contribution in [-0.4, -0.2) is 39.8 Å². The van der Waals surface area contributed by atoms with E-state index in [1.165, 1.54) is 32.1 Å². The molecule has 4 rings (SSSR count). The second-order valence-corrected chi connectivity index (χ2v) is 6.94. The molecule has 0 aliphatic carbocycles. The van der Waals surface area contributed by atoms with Gasteiger partial charge in [-0.15, -0.1) is 5.10 Å². The number of hydrogen-bond acceptors (Lipinski definition) is 4. The summed E-state index contributed by atoms with van der Waals surface area (Å²) in [6.45, 7) is 2.22. The molecule has 2 fully saturated rings. The van der Waals surface area contributed by atoms with Crippen molar-refractivity contribution in [3.63, 3.8) is 0 Å². The maximum Gasteiger partial charge on any atom is 0.245 e. The third kappa shape index (κ3) is 2.55. The minimum absolute atomic E-state index is 0.544. The van der Waals surface area contributed by atoms with E-state index in [9.17, 15) is 0 Å². The highest BCUT2D eigenvalue weighted by molar-refractivity contribution is 9.10. The average molecular weight is 350 g/mol. The predicted octanol–water partition coefficient (Wildman–Crippen LogP) is 2.60. The first kappa shape index (κ1) is 13.5. The van der Waals surface area contributed by atoms with Gasteiger partial charge < -0.3 is 10.2 Å². The van der Waals surface area contributed by atoms with E-state index in [-0.39, 0.29) is 0 Å². The third-order valence-electron chi connectivity index (χ3n) is 4.65.